The van der Waals surface area contributed by atoms with Crippen molar-refractivity contribution in [1.82, 2.24) is 20.5 Å². The van der Waals surface area contributed by atoms with Crippen LogP contribution in [0.1, 0.15) is 10.4 Å². The second-order valence-corrected chi connectivity index (χ2v) is 5.44. The molecule has 0 bridgehead atoms. The summed E-state index contributed by atoms with van der Waals surface area (Å²) in [6, 6.07) is 10.3. The van der Waals surface area contributed by atoms with Gasteiger partial charge in [0.05, 0.1) is 0 Å². The Morgan fingerprint density at radius 1 is 0.889 bits per heavy atom. The minimum atomic E-state index is -0.899. The van der Waals surface area contributed by atoms with Crippen LogP contribution in [0.3, 0.4) is 0 Å². The molecule has 0 saturated heterocycles. The van der Waals surface area contributed by atoms with Crippen molar-refractivity contribution < 1.29 is 13.6 Å². The van der Waals surface area contributed by atoms with Crippen LogP contribution in [0.2, 0.25) is 0 Å². The van der Waals surface area contributed by atoms with Gasteiger partial charge in [-0.2, -0.15) is 0 Å². The molecule has 138 valence electrons. The molecule has 0 saturated carbocycles. The first-order valence-corrected chi connectivity index (χ1v) is 8.10. The molecule has 0 atom stereocenters. The number of hydrogen-bond donors (Lipinski definition) is 3. The van der Waals surface area contributed by atoms with Crippen molar-refractivity contribution in [2.45, 2.75) is 0 Å². The highest BCUT2D eigenvalue weighted by Gasteiger charge is 2.16. The monoisotopic (exact) mass is 370 g/mol. The summed E-state index contributed by atoms with van der Waals surface area (Å²) in [4.78, 5) is 15.8. The van der Waals surface area contributed by atoms with E-state index >= 15 is 0 Å². The van der Waals surface area contributed by atoms with E-state index in [0.717, 1.165) is 17.8 Å². The number of aromatic nitrogens is 3. The predicted molar refractivity (Wildman–Crippen MR) is 96.7 cm³/mol. The zero-order chi connectivity index (χ0) is 19.1. The number of nitrogens with one attached hydrogen (secondary N) is 3. The molecule has 2 aromatic heterocycles. The molecule has 0 unspecified atom stereocenters. The average molecular weight is 370 g/mol. The SMILES string of the molecule is O=C(NCCNc1ccc(Nc2ccncc2)nn1)c1c(F)cccc1F. The molecule has 0 spiro atoms. The molecule has 0 aliphatic heterocycles. The van der Waals surface area contributed by atoms with E-state index in [0.29, 0.717) is 18.2 Å². The molecule has 3 aromatic rings. The normalized spacial score (nSPS) is 10.3. The lowest BCUT2D eigenvalue weighted by Gasteiger charge is -2.09. The Hall–Kier alpha value is -3.62. The Balaban J connectivity index is 1.46. The summed E-state index contributed by atoms with van der Waals surface area (Å²) in [5.74, 6) is -1.54. The molecule has 3 N–H and O–H groups in total. The second-order valence-electron chi connectivity index (χ2n) is 5.44. The van der Waals surface area contributed by atoms with E-state index in [1.807, 2.05) is 0 Å². The third-order valence-corrected chi connectivity index (χ3v) is 3.52. The van der Waals surface area contributed by atoms with Gasteiger partial charge in [-0.15, -0.1) is 10.2 Å². The summed E-state index contributed by atoms with van der Waals surface area (Å²) in [6.07, 6.45) is 3.32. The van der Waals surface area contributed by atoms with Gasteiger partial charge in [0.1, 0.15) is 23.0 Å². The second kappa shape index (κ2) is 8.65. The third-order valence-electron chi connectivity index (χ3n) is 3.52. The van der Waals surface area contributed by atoms with Crippen LogP contribution >= 0.6 is 0 Å². The third kappa shape index (κ3) is 4.94. The summed E-state index contributed by atoms with van der Waals surface area (Å²) in [5, 5.41) is 16.5. The number of carbonyl (C=O) groups is 1. The zero-order valence-electron chi connectivity index (χ0n) is 14.1. The van der Waals surface area contributed by atoms with Crippen LogP contribution in [-0.2, 0) is 0 Å². The van der Waals surface area contributed by atoms with Crippen LogP contribution in [0.5, 0.6) is 0 Å². The molecule has 7 nitrogen and oxygen atoms in total. The van der Waals surface area contributed by atoms with E-state index in [1.54, 1.807) is 36.7 Å². The van der Waals surface area contributed by atoms with Gasteiger partial charge in [-0.25, -0.2) is 8.78 Å². The Morgan fingerprint density at radius 3 is 2.22 bits per heavy atom. The standard InChI is InChI=1S/C18H16F2N6O/c19-13-2-1-3-14(20)17(13)18(27)23-11-10-22-15-4-5-16(26-25-15)24-12-6-8-21-9-7-12/h1-9H,10-11H2,(H,22,25)(H,23,27)(H,21,24,26). The van der Waals surface area contributed by atoms with Crippen molar-refractivity contribution >= 4 is 23.2 Å². The molecule has 0 aliphatic rings. The van der Waals surface area contributed by atoms with Crippen LogP contribution < -0.4 is 16.0 Å². The van der Waals surface area contributed by atoms with Crippen molar-refractivity contribution in [1.29, 1.82) is 0 Å². The minimum absolute atomic E-state index is 0.158. The Kier molecular flexibility index (Phi) is 5.83. The van der Waals surface area contributed by atoms with Crippen LogP contribution in [0.25, 0.3) is 0 Å². The average Bonchev–Trinajstić information content (AvgIpc) is 2.67. The molecule has 27 heavy (non-hydrogen) atoms. The lowest BCUT2D eigenvalue weighted by molar-refractivity contribution is 0.0946. The quantitative estimate of drug-likeness (QED) is 0.554. The highest BCUT2D eigenvalue weighted by molar-refractivity contribution is 5.94. The van der Waals surface area contributed by atoms with Crippen LogP contribution in [0.15, 0.2) is 54.9 Å². The fourth-order valence-electron chi connectivity index (χ4n) is 2.25. The summed E-state index contributed by atoms with van der Waals surface area (Å²) in [5.41, 5.74) is 0.243. The smallest absolute Gasteiger partial charge is 0.257 e. The van der Waals surface area contributed by atoms with Crippen molar-refractivity contribution in [2.24, 2.45) is 0 Å². The molecule has 2 heterocycles. The number of pyridine rings is 1. The molecule has 9 heteroatoms. The van der Waals surface area contributed by atoms with Gasteiger partial charge in [0, 0.05) is 31.2 Å². The number of amides is 1. The number of anilines is 3. The first-order valence-electron chi connectivity index (χ1n) is 8.10. The van der Waals surface area contributed by atoms with Crippen LogP contribution in [0, 0.1) is 11.6 Å². The number of benzene rings is 1. The van der Waals surface area contributed by atoms with Crippen molar-refractivity contribution in [3.05, 3.63) is 72.1 Å². The summed E-state index contributed by atoms with van der Waals surface area (Å²) >= 11 is 0. The van der Waals surface area contributed by atoms with E-state index in [1.165, 1.54) is 6.07 Å². The highest BCUT2D eigenvalue weighted by atomic mass is 19.1. The summed E-state index contributed by atoms with van der Waals surface area (Å²) in [6.45, 7) is 0.471. The van der Waals surface area contributed by atoms with Gasteiger partial charge in [0.15, 0.2) is 5.82 Å². The summed E-state index contributed by atoms with van der Waals surface area (Å²) < 4.78 is 27.0. The van der Waals surface area contributed by atoms with E-state index in [-0.39, 0.29) is 6.54 Å². The number of rotatable bonds is 7. The molecule has 0 fully saturated rings. The highest BCUT2D eigenvalue weighted by Crippen LogP contribution is 2.13. The largest absolute Gasteiger partial charge is 0.367 e. The first-order chi connectivity index (χ1) is 13.1. The number of nitrogens with zero attached hydrogens (tertiary/aromatic N) is 3. The molecule has 3 rings (SSSR count). The molecule has 1 aromatic carbocycles. The Morgan fingerprint density at radius 2 is 1.56 bits per heavy atom. The van der Waals surface area contributed by atoms with E-state index in [2.05, 4.69) is 31.1 Å². The maximum Gasteiger partial charge on any atom is 0.257 e. The van der Waals surface area contributed by atoms with Gasteiger partial charge in [-0.1, -0.05) is 6.07 Å². The zero-order valence-corrected chi connectivity index (χ0v) is 14.1. The maximum absolute atomic E-state index is 13.5. The fourth-order valence-corrected chi connectivity index (χ4v) is 2.25. The number of carbonyl (C=O) groups excluding carboxylic acids is 1. The van der Waals surface area contributed by atoms with E-state index in [4.69, 9.17) is 0 Å². The van der Waals surface area contributed by atoms with Gasteiger partial charge in [-0.05, 0) is 36.4 Å². The Labute approximate surface area is 153 Å². The first kappa shape index (κ1) is 18.2. The van der Waals surface area contributed by atoms with Crippen LogP contribution in [0.4, 0.5) is 26.1 Å². The molecule has 0 aliphatic carbocycles. The number of hydrogen-bond acceptors (Lipinski definition) is 6. The fraction of sp³-hybridized carbons (Fsp3) is 0.111. The van der Waals surface area contributed by atoms with E-state index in [9.17, 15) is 13.6 Å². The van der Waals surface area contributed by atoms with Crippen molar-refractivity contribution in [2.75, 3.05) is 23.7 Å². The predicted octanol–water partition coefficient (Wildman–Crippen LogP) is 2.74. The lowest BCUT2D eigenvalue weighted by Crippen LogP contribution is -2.30. The molecule has 1 amide bonds. The van der Waals surface area contributed by atoms with Crippen molar-refractivity contribution in [3.8, 4) is 0 Å². The van der Waals surface area contributed by atoms with Gasteiger partial charge >= 0.3 is 0 Å². The summed E-state index contributed by atoms with van der Waals surface area (Å²) in [7, 11) is 0. The maximum atomic E-state index is 13.5. The lowest BCUT2D eigenvalue weighted by atomic mass is 10.2. The van der Waals surface area contributed by atoms with Gasteiger partial charge in [-0.3, -0.25) is 9.78 Å². The van der Waals surface area contributed by atoms with Crippen LogP contribution in [-0.4, -0.2) is 34.2 Å². The van der Waals surface area contributed by atoms with Crippen molar-refractivity contribution in [3.63, 3.8) is 0 Å². The Bertz CT molecular complexity index is 885. The molecule has 0 radical (unpaired) electrons. The van der Waals surface area contributed by atoms with Gasteiger partial charge < -0.3 is 16.0 Å². The van der Waals surface area contributed by atoms with Gasteiger partial charge in [0.25, 0.3) is 5.91 Å². The van der Waals surface area contributed by atoms with Gasteiger partial charge in [0.2, 0.25) is 0 Å². The minimum Gasteiger partial charge on any atom is -0.367 e. The van der Waals surface area contributed by atoms with E-state index < -0.39 is 23.1 Å². The topological polar surface area (TPSA) is 91.8 Å². The molecular formula is C18H16F2N6O. The molecular weight excluding hydrogens is 354 g/mol. The number of halogens is 2.